The first-order chi connectivity index (χ1) is 12.5. The van der Waals surface area contributed by atoms with Crippen molar-refractivity contribution < 1.29 is 94.3 Å². The van der Waals surface area contributed by atoms with Crippen LogP contribution in [0.2, 0.25) is 0 Å². The molecule has 0 N–H and O–H groups in total. The van der Waals surface area contributed by atoms with Gasteiger partial charge in [-0.25, -0.2) is 0 Å². The van der Waals surface area contributed by atoms with Crippen LogP contribution in [0.15, 0.2) is 0 Å². The molecule has 186 valence electrons. The minimum atomic E-state index is -5.74. The molecular formula is C9H3AlF18O3. The van der Waals surface area contributed by atoms with Gasteiger partial charge in [0.25, 0.3) is 0 Å². The van der Waals surface area contributed by atoms with E-state index in [2.05, 4.69) is 0 Å². The maximum absolute atomic E-state index is 10.9. The fourth-order valence-corrected chi connectivity index (χ4v) is 0.557. The molecule has 0 fully saturated rings. The third-order valence-corrected chi connectivity index (χ3v) is 1.78. The summed E-state index contributed by atoms with van der Waals surface area (Å²) in [7, 11) is 0. The third kappa shape index (κ3) is 17.4. The normalized spacial score (nSPS) is 13.9. The fourth-order valence-electron chi connectivity index (χ4n) is 0.557. The Bertz CT molecular complexity index is 369. The van der Waals surface area contributed by atoms with E-state index in [1.165, 1.54) is 0 Å². The molecule has 0 saturated carbocycles. The maximum atomic E-state index is 10.9. The fraction of sp³-hybridized carbons (Fsp3) is 1.00. The number of hydrogen-bond donors (Lipinski definition) is 0. The molecule has 0 heterocycles. The largest absolute Gasteiger partial charge is 3.00 e. The van der Waals surface area contributed by atoms with Crippen LogP contribution in [0.4, 0.5) is 79.0 Å². The molecule has 0 bridgehead atoms. The van der Waals surface area contributed by atoms with Crippen LogP contribution in [0.5, 0.6) is 0 Å². The Balaban J connectivity index is -0.000000174. The number of alkyl halides is 18. The molecular weight excluding hydrogens is 525 g/mol. The van der Waals surface area contributed by atoms with Crippen LogP contribution >= 0.6 is 0 Å². The van der Waals surface area contributed by atoms with E-state index in [1.807, 2.05) is 0 Å². The van der Waals surface area contributed by atoms with E-state index in [4.69, 9.17) is 0 Å². The third-order valence-electron chi connectivity index (χ3n) is 1.78. The Morgan fingerprint density at radius 1 is 0.290 bits per heavy atom. The van der Waals surface area contributed by atoms with Crippen LogP contribution < -0.4 is 15.3 Å². The van der Waals surface area contributed by atoms with Crippen molar-refractivity contribution >= 4 is 17.4 Å². The Hall–Kier alpha value is -0.848. The topological polar surface area (TPSA) is 69.2 Å². The van der Waals surface area contributed by atoms with Crippen LogP contribution in [0.1, 0.15) is 0 Å². The Morgan fingerprint density at radius 3 is 0.355 bits per heavy atom. The van der Waals surface area contributed by atoms with Gasteiger partial charge >= 0.3 is 54.4 Å². The van der Waals surface area contributed by atoms with Crippen LogP contribution in [-0.2, 0) is 0 Å². The molecule has 0 unspecified atom stereocenters. The van der Waals surface area contributed by atoms with Crippen molar-refractivity contribution in [2.45, 2.75) is 55.4 Å². The second-order valence-corrected chi connectivity index (χ2v) is 4.39. The van der Waals surface area contributed by atoms with Crippen molar-refractivity contribution in [2.75, 3.05) is 0 Å². The van der Waals surface area contributed by atoms with Gasteiger partial charge in [-0.3, -0.25) is 0 Å². The summed E-state index contributed by atoms with van der Waals surface area (Å²) in [6.07, 6.45) is -47.9. The van der Waals surface area contributed by atoms with Crippen molar-refractivity contribution in [2.24, 2.45) is 0 Å². The monoisotopic (exact) mass is 528 g/mol. The summed E-state index contributed by atoms with van der Waals surface area (Å²) in [5, 5.41) is 28.0. The SMILES string of the molecule is [Al+3].[O-]C(C(F)(F)F)C(F)(F)F.[O-]C(C(F)(F)F)C(F)(F)F.[O-]C(C(F)(F)F)C(F)(F)F. The summed E-state index contributed by atoms with van der Waals surface area (Å²) in [4.78, 5) is 0. The van der Waals surface area contributed by atoms with Gasteiger partial charge in [0.05, 0.1) is 18.3 Å². The van der Waals surface area contributed by atoms with Gasteiger partial charge in [0, 0.05) is 0 Å². The molecule has 0 aliphatic carbocycles. The van der Waals surface area contributed by atoms with E-state index in [0.717, 1.165) is 0 Å². The zero-order chi connectivity index (χ0) is 25.7. The number of halogens is 18. The quantitative estimate of drug-likeness (QED) is 0.358. The smallest absolute Gasteiger partial charge is 0.839 e. The second-order valence-electron chi connectivity index (χ2n) is 4.39. The van der Waals surface area contributed by atoms with Crippen LogP contribution in [0.25, 0.3) is 0 Å². The van der Waals surface area contributed by atoms with E-state index >= 15 is 0 Å². The molecule has 22 heteroatoms. The zero-order valence-electron chi connectivity index (χ0n) is 13.3. The van der Waals surface area contributed by atoms with Gasteiger partial charge < -0.3 is 15.3 Å². The summed E-state index contributed by atoms with van der Waals surface area (Å²) in [6.45, 7) is 0. The summed E-state index contributed by atoms with van der Waals surface area (Å²) >= 11 is 0. The van der Waals surface area contributed by atoms with E-state index < -0.39 is 55.4 Å². The standard InChI is InChI=1S/3C3HF6O.Al/c3*4-2(5,6)1(10)3(7,8)9;/h3*1H;/q3*-1;+3. The average Bonchev–Trinajstić information content (AvgIpc) is 2.40. The van der Waals surface area contributed by atoms with Gasteiger partial charge in [0.2, 0.25) is 0 Å². The van der Waals surface area contributed by atoms with Crippen molar-refractivity contribution in [1.82, 2.24) is 0 Å². The van der Waals surface area contributed by atoms with E-state index in [-0.39, 0.29) is 17.4 Å². The van der Waals surface area contributed by atoms with Crippen molar-refractivity contribution in [3.05, 3.63) is 0 Å². The predicted octanol–water partition coefficient (Wildman–Crippen LogP) is 2.14. The molecule has 3 nitrogen and oxygen atoms in total. The van der Waals surface area contributed by atoms with E-state index in [1.54, 1.807) is 0 Å². The van der Waals surface area contributed by atoms with Gasteiger partial charge in [0.1, 0.15) is 0 Å². The first-order valence-electron chi connectivity index (χ1n) is 5.84. The maximum Gasteiger partial charge on any atom is 3.00 e. The van der Waals surface area contributed by atoms with Crippen LogP contribution in [0.3, 0.4) is 0 Å². The molecule has 0 saturated heterocycles. The molecule has 0 amide bonds. The summed E-state index contributed by atoms with van der Waals surface area (Å²) < 4.78 is 196. The molecule has 0 rings (SSSR count). The molecule has 31 heavy (non-hydrogen) atoms. The molecule has 0 radical (unpaired) electrons. The first-order valence-corrected chi connectivity index (χ1v) is 5.84. The van der Waals surface area contributed by atoms with Crippen LogP contribution in [0, 0.1) is 0 Å². The van der Waals surface area contributed by atoms with Crippen molar-refractivity contribution in [3.63, 3.8) is 0 Å². The molecule has 0 aromatic heterocycles. The predicted molar refractivity (Wildman–Crippen MR) is 53.4 cm³/mol. The summed E-state index contributed by atoms with van der Waals surface area (Å²) in [5.41, 5.74) is 0. The number of hydrogen-bond acceptors (Lipinski definition) is 3. The molecule has 0 aliphatic rings. The van der Waals surface area contributed by atoms with Gasteiger partial charge in [0.15, 0.2) is 0 Å². The second kappa shape index (κ2) is 11.9. The average molecular weight is 528 g/mol. The first kappa shape index (κ1) is 37.5. The van der Waals surface area contributed by atoms with Crippen molar-refractivity contribution in [1.29, 1.82) is 0 Å². The molecule has 0 spiro atoms. The van der Waals surface area contributed by atoms with Gasteiger partial charge in [-0.2, -0.15) is 79.0 Å². The van der Waals surface area contributed by atoms with Crippen molar-refractivity contribution in [3.8, 4) is 0 Å². The minimum absolute atomic E-state index is 0. The van der Waals surface area contributed by atoms with Gasteiger partial charge in [-0.1, -0.05) is 0 Å². The molecule has 0 aromatic rings. The Morgan fingerprint density at radius 2 is 0.355 bits per heavy atom. The number of rotatable bonds is 0. The van der Waals surface area contributed by atoms with Gasteiger partial charge in [-0.15, -0.1) is 0 Å². The molecule has 0 aromatic carbocycles. The van der Waals surface area contributed by atoms with E-state index in [0.29, 0.717) is 0 Å². The van der Waals surface area contributed by atoms with Crippen LogP contribution in [-0.4, -0.2) is 72.7 Å². The summed E-state index contributed by atoms with van der Waals surface area (Å²) in [5.74, 6) is 0. The summed E-state index contributed by atoms with van der Waals surface area (Å²) in [6, 6.07) is 0. The Labute approximate surface area is 168 Å². The van der Waals surface area contributed by atoms with Gasteiger partial charge in [-0.05, 0) is 0 Å². The Kier molecular flexibility index (Phi) is 14.3. The molecule has 0 atom stereocenters. The zero-order valence-corrected chi connectivity index (χ0v) is 14.5. The minimum Gasteiger partial charge on any atom is -0.839 e. The molecule has 0 aliphatic heterocycles. The van der Waals surface area contributed by atoms with E-state index in [9.17, 15) is 94.3 Å².